The fourth-order valence-electron chi connectivity index (χ4n) is 4.37. The molecule has 0 atom stereocenters. The van der Waals surface area contributed by atoms with Crippen molar-refractivity contribution < 1.29 is 9.13 Å². The van der Waals surface area contributed by atoms with Gasteiger partial charge in [0.15, 0.2) is 0 Å². The fourth-order valence-corrected chi connectivity index (χ4v) is 4.37. The molecule has 0 unspecified atom stereocenters. The Bertz CT molecular complexity index is 796. The molecular weight excluding hydrogens is 341 g/mol. The van der Waals surface area contributed by atoms with Crippen LogP contribution in [0.1, 0.15) is 50.0 Å². The predicted molar refractivity (Wildman–Crippen MR) is 106 cm³/mol. The van der Waals surface area contributed by atoms with Crippen molar-refractivity contribution in [2.24, 2.45) is 0 Å². The topological polar surface area (TPSA) is 51.4 Å². The Morgan fingerprint density at radius 3 is 2.59 bits per heavy atom. The number of nitrogens with two attached hydrogens (primary N) is 1. The number of aromatic nitrogens is 1. The number of likely N-dealkylation sites (tertiary alicyclic amines) is 1. The van der Waals surface area contributed by atoms with Crippen molar-refractivity contribution in [3.63, 3.8) is 0 Å². The van der Waals surface area contributed by atoms with Crippen LogP contribution in [0.5, 0.6) is 5.88 Å². The zero-order valence-electron chi connectivity index (χ0n) is 16.0. The average Bonchev–Trinajstić information content (AvgIpc) is 3.20. The zero-order chi connectivity index (χ0) is 18.8. The molecule has 2 fully saturated rings. The molecule has 4 rings (SSSR count). The lowest BCUT2D eigenvalue weighted by atomic mass is 9.91. The van der Waals surface area contributed by atoms with Gasteiger partial charge in [0.25, 0.3) is 0 Å². The van der Waals surface area contributed by atoms with Crippen LogP contribution in [0.2, 0.25) is 0 Å². The van der Waals surface area contributed by atoms with Crippen molar-refractivity contribution in [3.05, 3.63) is 41.8 Å². The van der Waals surface area contributed by atoms with Crippen LogP contribution in [0.4, 0.5) is 10.1 Å². The number of ether oxygens (including phenoxy) is 1. The summed E-state index contributed by atoms with van der Waals surface area (Å²) in [6.07, 6.45) is 8.47. The standard InChI is InChI=1S/C22H28FN3O/c1-26-10-7-18(8-11-26)27-21-12-16(6-9-25-21)20-14-17(23)13-19(22(20)24)15-4-2-3-5-15/h6,9,12-15,18H,2-5,7-8,10-11,24H2,1H3. The summed E-state index contributed by atoms with van der Waals surface area (Å²) in [4.78, 5) is 6.67. The first kappa shape index (κ1) is 18.2. The Labute approximate surface area is 160 Å². The summed E-state index contributed by atoms with van der Waals surface area (Å²) in [6.45, 7) is 2.07. The lowest BCUT2D eigenvalue weighted by molar-refractivity contribution is 0.110. The molecule has 1 aromatic heterocycles. The lowest BCUT2D eigenvalue weighted by Gasteiger charge is -2.29. The van der Waals surface area contributed by atoms with Crippen LogP contribution in [0, 0.1) is 5.82 Å². The molecule has 2 N–H and O–H groups in total. The molecule has 1 aliphatic carbocycles. The minimum Gasteiger partial charge on any atom is -0.474 e. The van der Waals surface area contributed by atoms with E-state index >= 15 is 0 Å². The van der Waals surface area contributed by atoms with Crippen molar-refractivity contribution in [3.8, 4) is 17.0 Å². The van der Waals surface area contributed by atoms with E-state index in [2.05, 4.69) is 16.9 Å². The second kappa shape index (κ2) is 7.85. The molecule has 4 nitrogen and oxygen atoms in total. The van der Waals surface area contributed by atoms with Crippen LogP contribution in [0.15, 0.2) is 30.5 Å². The Hall–Kier alpha value is -2.14. The van der Waals surface area contributed by atoms with E-state index in [1.54, 1.807) is 12.3 Å². The SMILES string of the molecule is CN1CCC(Oc2cc(-c3cc(F)cc(C4CCCC4)c3N)ccn2)CC1. The molecule has 1 saturated heterocycles. The zero-order valence-corrected chi connectivity index (χ0v) is 16.0. The third-order valence-corrected chi connectivity index (χ3v) is 5.97. The van der Waals surface area contributed by atoms with E-state index in [-0.39, 0.29) is 11.9 Å². The maximum absolute atomic E-state index is 14.3. The van der Waals surface area contributed by atoms with Crippen molar-refractivity contribution in [1.82, 2.24) is 9.88 Å². The summed E-state index contributed by atoms with van der Waals surface area (Å²) in [5, 5.41) is 0. The number of rotatable bonds is 4. The van der Waals surface area contributed by atoms with E-state index in [4.69, 9.17) is 10.5 Å². The number of benzene rings is 1. The maximum Gasteiger partial charge on any atom is 0.214 e. The van der Waals surface area contributed by atoms with Crippen molar-refractivity contribution >= 4 is 5.69 Å². The Morgan fingerprint density at radius 2 is 1.85 bits per heavy atom. The van der Waals surface area contributed by atoms with Gasteiger partial charge in [-0.25, -0.2) is 9.37 Å². The van der Waals surface area contributed by atoms with E-state index in [9.17, 15) is 4.39 Å². The number of nitrogen functional groups attached to an aromatic ring is 1. The molecule has 144 valence electrons. The summed E-state index contributed by atoms with van der Waals surface area (Å²) < 4.78 is 20.4. The molecule has 0 bridgehead atoms. The Kier molecular flexibility index (Phi) is 5.30. The third kappa shape index (κ3) is 4.08. The molecule has 2 heterocycles. The highest BCUT2D eigenvalue weighted by molar-refractivity contribution is 5.79. The van der Waals surface area contributed by atoms with Gasteiger partial charge in [0, 0.05) is 36.6 Å². The smallest absolute Gasteiger partial charge is 0.214 e. The maximum atomic E-state index is 14.3. The van der Waals surface area contributed by atoms with Gasteiger partial charge in [-0.3, -0.25) is 0 Å². The van der Waals surface area contributed by atoms with E-state index in [0.717, 1.165) is 55.5 Å². The number of nitrogens with zero attached hydrogens (tertiary/aromatic N) is 2. The van der Waals surface area contributed by atoms with Gasteiger partial charge in [0.2, 0.25) is 5.88 Å². The van der Waals surface area contributed by atoms with Crippen LogP contribution < -0.4 is 10.5 Å². The van der Waals surface area contributed by atoms with Gasteiger partial charge in [0.05, 0.1) is 0 Å². The molecule has 0 radical (unpaired) electrons. The largest absolute Gasteiger partial charge is 0.474 e. The molecule has 1 saturated carbocycles. The van der Waals surface area contributed by atoms with Gasteiger partial charge in [-0.05, 0) is 68.0 Å². The molecular formula is C22H28FN3O. The molecule has 5 heteroatoms. The summed E-state index contributed by atoms with van der Waals surface area (Å²) in [5.74, 6) is 0.736. The minimum atomic E-state index is -0.226. The predicted octanol–water partition coefficient (Wildman–Crippen LogP) is 4.60. The van der Waals surface area contributed by atoms with Crippen LogP contribution in [0.25, 0.3) is 11.1 Å². The normalized spacial score (nSPS) is 19.5. The van der Waals surface area contributed by atoms with Crippen LogP contribution in [0.3, 0.4) is 0 Å². The molecule has 0 amide bonds. The van der Waals surface area contributed by atoms with Gasteiger partial charge in [-0.15, -0.1) is 0 Å². The summed E-state index contributed by atoms with van der Waals surface area (Å²) in [7, 11) is 2.13. The van der Waals surface area contributed by atoms with Crippen LogP contribution >= 0.6 is 0 Å². The monoisotopic (exact) mass is 369 g/mol. The minimum absolute atomic E-state index is 0.183. The first-order valence-electron chi connectivity index (χ1n) is 10.0. The Morgan fingerprint density at radius 1 is 1.11 bits per heavy atom. The number of halogens is 1. The molecule has 1 aromatic carbocycles. The first-order chi connectivity index (χ1) is 13.1. The number of hydrogen-bond acceptors (Lipinski definition) is 4. The second-order valence-electron chi connectivity index (χ2n) is 7.94. The van der Waals surface area contributed by atoms with E-state index in [1.807, 2.05) is 12.1 Å². The van der Waals surface area contributed by atoms with E-state index in [0.29, 0.717) is 17.5 Å². The highest BCUT2D eigenvalue weighted by atomic mass is 19.1. The van der Waals surface area contributed by atoms with Crippen LogP contribution in [-0.4, -0.2) is 36.1 Å². The second-order valence-corrected chi connectivity index (χ2v) is 7.94. The Balaban J connectivity index is 1.60. The molecule has 1 aliphatic heterocycles. The number of pyridine rings is 1. The number of anilines is 1. The summed E-state index contributed by atoms with van der Waals surface area (Å²) >= 11 is 0. The van der Waals surface area contributed by atoms with Crippen molar-refractivity contribution in [1.29, 1.82) is 0 Å². The van der Waals surface area contributed by atoms with E-state index in [1.165, 1.54) is 18.9 Å². The van der Waals surface area contributed by atoms with Crippen LogP contribution in [-0.2, 0) is 0 Å². The molecule has 27 heavy (non-hydrogen) atoms. The first-order valence-corrected chi connectivity index (χ1v) is 10.0. The van der Waals surface area contributed by atoms with Gasteiger partial charge in [-0.1, -0.05) is 12.8 Å². The van der Waals surface area contributed by atoms with E-state index < -0.39 is 0 Å². The number of hydrogen-bond donors (Lipinski definition) is 1. The molecule has 2 aromatic rings. The average molecular weight is 369 g/mol. The van der Waals surface area contributed by atoms with Gasteiger partial charge in [-0.2, -0.15) is 0 Å². The summed E-state index contributed by atoms with van der Waals surface area (Å²) in [6, 6.07) is 6.92. The molecule has 0 spiro atoms. The number of piperidine rings is 1. The third-order valence-electron chi connectivity index (χ3n) is 5.97. The van der Waals surface area contributed by atoms with Gasteiger partial charge >= 0.3 is 0 Å². The highest BCUT2D eigenvalue weighted by Gasteiger charge is 2.23. The van der Waals surface area contributed by atoms with Crippen molar-refractivity contribution in [2.75, 3.05) is 25.9 Å². The highest BCUT2D eigenvalue weighted by Crippen LogP contribution is 2.41. The summed E-state index contributed by atoms with van der Waals surface area (Å²) in [5.41, 5.74) is 9.74. The van der Waals surface area contributed by atoms with Gasteiger partial charge < -0.3 is 15.4 Å². The fraction of sp³-hybridized carbons (Fsp3) is 0.500. The lowest BCUT2D eigenvalue weighted by Crippen LogP contribution is -2.35. The quantitative estimate of drug-likeness (QED) is 0.800. The van der Waals surface area contributed by atoms with Gasteiger partial charge in [0.1, 0.15) is 11.9 Å². The van der Waals surface area contributed by atoms with Crippen molar-refractivity contribution in [2.45, 2.75) is 50.5 Å². The molecule has 2 aliphatic rings.